The number of hydrogen-bond acceptors (Lipinski definition) is 6. The Kier molecular flexibility index (Phi) is 6.85. The number of carbonyl (C=O) groups is 1. The van der Waals surface area contributed by atoms with Gasteiger partial charge < -0.3 is 23.5 Å². The minimum Gasteiger partial charge on any atom is -0.493 e. The number of oxazole rings is 1. The lowest BCUT2D eigenvalue weighted by molar-refractivity contribution is -0.134. The zero-order valence-corrected chi connectivity index (χ0v) is 18.8. The Morgan fingerprint density at radius 3 is 2.62 bits per heavy atom. The summed E-state index contributed by atoms with van der Waals surface area (Å²) in [7, 11) is 3.09. The Morgan fingerprint density at radius 1 is 1.16 bits per heavy atom. The van der Waals surface area contributed by atoms with Crippen molar-refractivity contribution in [2.45, 2.75) is 25.3 Å². The third kappa shape index (κ3) is 4.67. The lowest BCUT2D eigenvalue weighted by Gasteiger charge is -2.23. The number of likely N-dealkylation sites (tertiary alicyclic amines) is 1. The van der Waals surface area contributed by atoms with E-state index in [-0.39, 0.29) is 18.6 Å². The molecule has 1 aliphatic heterocycles. The summed E-state index contributed by atoms with van der Waals surface area (Å²) in [6.07, 6.45) is 3.91. The number of nitrogens with zero attached hydrogens (tertiary/aromatic N) is 2. The van der Waals surface area contributed by atoms with Crippen LogP contribution in [0.1, 0.15) is 36.1 Å². The van der Waals surface area contributed by atoms with Crippen LogP contribution in [-0.4, -0.2) is 43.2 Å². The van der Waals surface area contributed by atoms with Gasteiger partial charge >= 0.3 is 0 Å². The van der Waals surface area contributed by atoms with Gasteiger partial charge in [-0.15, -0.1) is 0 Å². The van der Waals surface area contributed by atoms with Crippen molar-refractivity contribution in [1.82, 2.24) is 9.88 Å². The topological polar surface area (TPSA) is 74.0 Å². The van der Waals surface area contributed by atoms with Gasteiger partial charge in [0.2, 0.25) is 11.6 Å². The molecule has 2 heterocycles. The summed E-state index contributed by atoms with van der Waals surface area (Å²) >= 11 is 6.25. The molecule has 168 valence electrons. The molecule has 1 aliphatic rings. The summed E-state index contributed by atoms with van der Waals surface area (Å²) in [6.45, 7) is 0.485. The summed E-state index contributed by atoms with van der Waals surface area (Å²) < 4.78 is 22.5. The maximum atomic E-state index is 13.0. The van der Waals surface area contributed by atoms with E-state index in [4.69, 9.17) is 30.2 Å². The van der Waals surface area contributed by atoms with Crippen molar-refractivity contribution in [1.29, 1.82) is 0 Å². The monoisotopic (exact) mass is 456 g/mol. The maximum Gasteiger partial charge on any atom is 0.261 e. The van der Waals surface area contributed by atoms with Crippen molar-refractivity contribution in [3.05, 3.63) is 70.9 Å². The van der Waals surface area contributed by atoms with Crippen LogP contribution in [0.15, 0.2) is 53.1 Å². The molecule has 1 aromatic heterocycles. The molecular weight excluding hydrogens is 432 g/mol. The van der Waals surface area contributed by atoms with E-state index in [9.17, 15) is 4.79 Å². The van der Waals surface area contributed by atoms with Crippen LogP contribution in [0.2, 0.25) is 5.02 Å². The van der Waals surface area contributed by atoms with Gasteiger partial charge in [-0.05, 0) is 36.6 Å². The largest absolute Gasteiger partial charge is 0.493 e. The van der Waals surface area contributed by atoms with Crippen molar-refractivity contribution >= 4 is 17.5 Å². The van der Waals surface area contributed by atoms with Crippen LogP contribution < -0.4 is 14.2 Å². The highest BCUT2D eigenvalue weighted by Gasteiger charge is 2.33. The Bertz CT molecular complexity index is 1060. The molecule has 7 nitrogen and oxygen atoms in total. The van der Waals surface area contributed by atoms with Crippen LogP contribution >= 0.6 is 11.6 Å². The predicted molar refractivity (Wildman–Crippen MR) is 119 cm³/mol. The number of hydrogen-bond donors (Lipinski definition) is 0. The summed E-state index contributed by atoms with van der Waals surface area (Å²) in [5.41, 5.74) is 0.968. The number of aromatic nitrogens is 1. The van der Waals surface area contributed by atoms with E-state index in [1.807, 2.05) is 24.3 Å². The van der Waals surface area contributed by atoms with Crippen LogP contribution in [0.3, 0.4) is 0 Å². The smallest absolute Gasteiger partial charge is 0.261 e. The SMILES string of the molecule is COc1cccc(OC)c1OCC(=O)N1CCCC1c1ncc(Cc2ccccc2Cl)o1. The second-order valence-electron chi connectivity index (χ2n) is 7.46. The second kappa shape index (κ2) is 9.96. The molecule has 0 spiro atoms. The normalized spacial score (nSPS) is 15.6. The molecule has 1 amide bonds. The molecule has 4 rings (SSSR count). The van der Waals surface area contributed by atoms with Gasteiger partial charge in [0.15, 0.2) is 18.1 Å². The lowest BCUT2D eigenvalue weighted by Crippen LogP contribution is -2.34. The van der Waals surface area contributed by atoms with Gasteiger partial charge in [0.25, 0.3) is 5.91 Å². The fourth-order valence-corrected chi connectivity index (χ4v) is 4.09. The van der Waals surface area contributed by atoms with Crippen molar-refractivity contribution in [2.24, 2.45) is 0 Å². The van der Waals surface area contributed by atoms with E-state index in [1.54, 1.807) is 43.5 Å². The predicted octanol–water partition coefficient (Wildman–Crippen LogP) is 4.68. The quantitative estimate of drug-likeness (QED) is 0.490. The number of amides is 1. The highest BCUT2D eigenvalue weighted by molar-refractivity contribution is 6.31. The Labute approximate surface area is 191 Å². The van der Waals surface area contributed by atoms with Gasteiger partial charge in [0, 0.05) is 18.0 Å². The molecule has 0 saturated carbocycles. The molecular formula is C24H25ClN2O5. The summed E-state index contributed by atoms with van der Waals surface area (Å²) in [4.78, 5) is 19.2. The summed E-state index contributed by atoms with van der Waals surface area (Å²) in [5.74, 6) is 2.51. The van der Waals surface area contributed by atoms with E-state index in [1.165, 1.54) is 0 Å². The summed E-state index contributed by atoms with van der Waals surface area (Å²) in [5, 5.41) is 0.687. The molecule has 1 fully saturated rings. The number of ether oxygens (including phenoxy) is 3. The van der Waals surface area contributed by atoms with Gasteiger partial charge in [-0.25, -0.2) is 4.98 Å². The molecule has 3 aromatic rings. The number of carbonyl (C=O) groups excluding carboxylic acids is 1. The van der Waals surface area contributed by atoms with Gasteiger partial charge in [-0.3, -0.25) is 4.79 Å². The average Bonchev–Trinajstić information content (AvgIpc) is 3.48. The second-order valence-corrected chi connectivity index (χ2v) is 7.87. The highest BCUT2D eigenvalue weighted by atomic mass is 35.5. The van der Waals surface area contributed by atoms with Gasteiger partial charge in [-0.2, -0.15) is 0 Å². The number of methoxy groups -OCH3 is 2. The van der Waals surface area contributed by atoms with Crippen LogP contribution in [0.5, 0.6) is 17.2 Å². The molecule has 1 atom stereocenters. The molecule has 0 radical (unpaired) electrons. The van der Waals surface area contributed by atoms with Gasteiger partial charge in [-0.1, -0.05) is 35.9 Å². The molecule has 0 N–H and O–H groups in total. The van der Waals surface area contributed by atoms with Crippen LogP contribution in [-0.2, 0) is 11.2 Å². The average molecular weight is 457 g/mol. The number of benzene rings is 2. The molecule has 1 saturated heterocycles. The van der Waals surface area contributed by atoms with Gasteiger partial charge in [0.1, 0.15) is 11.8 Å². The van der Waals surface area contributed by atoms with Crippen molar-refractivity contribution in [3.8, 4) is 17.2 Å². The molecule has 0 bridgehead atoms. The van der Waals surface area contributed by atoms with E-state index >= 15 is 0 Å². The minimum absolute atomic E-state index is 0.138. The van der Waals surface area contributed by atoms with Crippen LogP contribution in [0, 0.1) is 0 Å². The van der Waals surface area contributed by atoms with Crippen LogP contribution in [0.4, 0.5) is 0 Å². The zero-order valence-electron chi connectivity index (χ0n) is 18.0. The molecule has 32 heavy (non-hydrogen) atoms. The zero-order chi connectivity index (χ0) is 22.5. The molecule has 2 aromatic carbocycles. The Hall–Kier alpha value is -3.19. The van der Waals surface area contributed by atoms with E-state index in [0.29, 0.717) is 46.9 Å². The third-order valence-electron chi connectivity index (χ3n) is 5.47. The highest BCUT2D eigenvalue weighted by Crippen LogP contribution is 2.37. The third-order valence-corrected chi connectivity index (χ3v) is 5.84. The molecule has 1 unspecified atom stereocenters. The van der Waals surface area contributed by atoms with Crippen molar-refractivity contribution < 1.29 is 23.4 Å². The Balaban J connectivity index is 1.44. The first kappa shape index (κ1) is 22.0. The van der Waals surface area contributed by atoms with Gasteiger partial charge in [0.05, 0.1) is 20.4 Å². The first-order chi connectivity index (χ1) is 15.6. The van der Waals surface area contributed by atoms with Crippen molar-refractivity contribution in [2.75, 3.05) is 27.4 Å². The maximum absolute atomic E-state index is 13.0. The molecule has 0 aliphatic carbocycles. The van der Waals surface area contributed by atoms with Crippen molar-refractivity contribution in [3.63, 3.8) is 0 Å². The first-order valence-electron chi connectivity index (χ1n) is 10.4. The number of rotatable bonds is 8. The number of para-hydroxylation sites is 1. The lowest BCUT2D eigenvalue weighted by atomic mass is 10.1. The number of halogens is 1. The fourth-order valence-electron chi connectivity index (χ4n) is 3.89. The summed E-state index contributed by atoms with van der Waals surface area (Å²) in [6, 6.07) is 12.7. The van der Waals surface area contributed by atoms with E-state index in [2.05, 4.69) is 4.98 Å². The van der Waals surface area contributed by atoms with E-state index in [0.717, 1.165) is 18.4 Å². The molecule has 8 heteroatoms. The first-order valence-corrected chi connectivity index (χ1v) is 10.8. The van der Waals surface area contributed by atoms with Crippen LogP contribution in [0.25, 0.3) is 0 Å². The standard InChI is InChI=1S/C24H25ClN2O5/c1-29-20-10-5-11-21(30-2)23(20)31-15-22(28)27-12-6-9-19(27)24-26-14-17(32-24)13-16-7-3-4-8-18(16)25/h3-5,7-8,10-11,14,19H,6,9,12-13,15H2,1-2H3. The minimum atomic E-state index is -0.217. The van der Waals surface area contributed by atoms with E-state index < -0.39 is 0 Å². The fraction of sp³-hybridized carbons (Fsp3) is 0.333. The Morgan fingerprint density at radius 2 is 1.91 bits per heavy atom.